The first kappa shape index (κ1) is 18.6. The van der Waals surface area contributed by atoms with Crippen LogP contribution < -0.4 is 15.0 Å². The maximum absolute atomic E-state index is 6.12. The van der Waals surface area contributed by atoms with Crippen molar-refractivity contribution in [1.29, 1.82) is 0 Å². The number of aromatic nitrogens is 1. The lowest BCUT2D eigenvalue weighted by molar-refractivity contribution is 0.307. The number of ether oxygens (including phenoxy) is 1. The molecule has 4 heteroatoms. The zero-order valence-electron chi connectivity index (χ0n) is 16.8. The highest BCUT2D eigenvalue weighted by Crippen LogP contribution is 2.42. The van der Waals surface area contributed by atoms with E-state index in [0.717, 1.165) is 49.1 Å². The van der Waals surface area contributed by atoms with E-state index in [1.807, 2.05) is 6.92 Å². The minimum absolute atomic E-state index is 0.758. The van der Waals surface area contributed by atoms with Gasteiger partial charge in [-0.25, -0.2) is 4.98 Å². The standard InChI is InChI=1S/C22H31N3O/c1-6-7-8-11-26-19-14-18(5)24-22-20(19)23-9-10-25(22)21-16(3)12-15(2)13-17(21)4/h12-14,23H,6-11H2,1-5H3. The number of anilines is 3. The lowest BCUT2D eigenvalue weighted by Crippen LogP contribution is -2.32. The minimum atomic E-state index is 0.758. The van der Waals surface area contributed by atoms with Gasteiger partial charge in [-0.3, -0.25) is 0 Å². The van der Waals surface area contributed by atoms with Crippen LogP contribution >= 0.6 is 0 Å². The molecule has 0 saturated carbocycles. The monoisotopic (exact) mass is 353 g/mol. The minimum Gasteiger partial charge on any atom is -0.491 e. The molecule has 2 aromatic rings. The Balaban J connectivity index is 1.98. The lowest BCUT2D eigenvalue weighted by atomic mass is 10.0. The molecule has 0 amide bonds. The highest BCUT2D eigenvalue weighted by molar-refractivity contribution is 5.82. The molecule has 0 spiro atoms. The van der Waals surface area contributed by atoms with E-state index in [2.05, 4.69) is 56.1 Å². The molecule has 2 heterocycles. The normalized spacial score (nSPS) is 13.3. The van der Waals surface area contributed by atoms with Crippen LogP contribution in [0.1, 0.15) is 48.6 Å². The summed E-state index contributed by atoms with van der Waals surface area (Å²) in [7, 11) is 0. The molecule has 0 bridgehead atoms. The van der Waals surface area contributed by atoms with Crippen LogP contribution in [-0.4, -0.2) is 24.7 Å². The van der Waals surface area contributed by atoms with Crippen LogP contribution in [0.25, 0.3) is 0 Å². The second-order valence-corrected chi connectivity index (χ2v) is 7.34. The van der Waals surface area contributed by atoms with Gasteiger partial charge in [-0.05, 0) is 45.2 Å². The zero-order valence-corrected chi connectivity index (χ0v) is 16.8. The quantitative estimate of drug-likeness (QED) is 0.701. The number of aryl methyl sites for hydroxylation is 4. The van der Waals surface area contributed by atoms with E-state index in [0.29, 0.717) is 0 Å². The predicted molar refractivity (Wildman–Crippen MR) is 110 cm³/mol. The molecule has 1 aromatic heterocycles. The second-order valence-electron chi connectivity index (χ2n) is 7.34. The van der Waals surface area contributed by atoms with Crippen molar-refractivity contribution in [2.45, 2.75) is 53.9 Å². The van der Waals surface area contributed by atoms with E-state index < -0.39 is 0 Å². The summed E-state index contributed by atoms with van der Waals surface area (Å²) in [5.74, 6) is 1.91. The van der Waals surface area contributed by atoms with Gasteiger partial charge in [0.05, 0.1) is 6.61 Å². The Bertz CT molecular complexity index is 762. The molecular formula is C22H31N3O. The highest BCUT2D eigenvalue weighted by Gasteiger charge is 2.25. The molecule has 0 atom stereocenters. The van der Waals surface area contributed by atoms with Crippen LogP contribution in [0.5, 0.6) is 5.75 Å². The van der Waals surface area contributed by atoms with Crippen molar-refractivity contribution in [3.63, 3.8) is 0 Å². The topological polar surface area (TPSA) is 37.4 Å². The fraction of sp³-hybridized carbons (Fsp3) is 0.500. The zero-order chi connectivity index (χ0) is 18.7. The Morgan fingerprint density at radius 2 is 1.81 bits per heavy atom. The van der Waals surface area contributed by atoms with Gasteiger partial charge < -0.3 is 15.0 Å². The first-order chi connectivity index (χ1) is 12.5. The molecule has 1 aliphatic heterocycles. The third-order valence-corrected chi connectivity index (χ3v) is 4.90. The van der Waals surface area contributed by atoms with Crippen LogP contribution in [0.4, 0.5) is 17.2 Å². The smallest absolute Gasteiger partial charge is 0.160 e. The second kappa shape index (κ2) is 7.98. The van der Waals surface area contributed by atoms with Gasteiger partial charge in [0.25, 0.3) is 0 Å². The number of unbranched alkanes of at least 4 members (excludes halogenated alkanes) is 2. The average Bonchev–Trinajstić information content (AvgIpc) is 2.58. The Labute approximate surface area is 157 Å². The van der Waals surface area contributed by atoms with Crippen LogP contribution in [0.3, 0.4) is 0 Å². The summed E-state index contributed by atoms with van der Waals surface area (Å²) in [5, 5.41) is 3.52. The Hall–Kier alpha value is -2.23. The van der Waals surface area contributed by atoms with Crippen LogP contribution in [-0.2, 0) is 0 Å². The van der Waals surface area contributed by atoms with Gasteiger partial charge in [-0.2, -0.15) is 0 Å². The lowest BCUT2D eigenvalue weighted by Gasteiger charge is -2.34. The number of pyridine rings is 1. The molecule has 4 nitrogen and oxygen atoms in total. The maximum Gasteiger partial charge on any atom is 0.160 e. The summed E-state index contributed by atoms with van der Waals surface area (Å²) in [6.45, 7) is 13.3. The van der Waals surface area contributed by atoms with E-state index in [9.17, 15) is 0 Å². The molecular weight excluding hydrogens is 322 g/mol. The van der Waals surface area contributed by atoms with E-state index >= 15 is 0 Å². The van der Waals surface area contributed by atoms with Gasteiger partial charge in [-0.15, -0.1) is 0 Å². The van der Waals surface area contributed by atoms with Crippen molar-refractivity contribution in [1.82, 2.24) is 4.98 Å². The summed E-state index contributed by atoms with van der Waals surface area (Å²) in [6.07, 6.45) is 3.49. The molecule has 0 radical (unpaired) electrons. The van der Waals surface area contributed by atoms with Gasteiger partial charge in [0, 0.05) is 30.5 Å². The summed E-state index contributed by atoms with van der Waals surface area (Å²) in [5.41, 5.74) is 7.18. The fourth-order valence-corrected chi connectivity index (χ4v) is 3.85. The molecule has 0 fully saturated rings. The maximum atomic E-state index is 6.12. The van der Waals surface area contributed by atoms with Crippen molar-refractivity contribution >= 4 is 17.2 Å². The molecule has 26 heavy (non-hydrogen) atoms. The van der Waals surface area contributed by atoms with Crippen LogP contribution in [0.15, 0.2) is 18.2 Å². The largest absolute Gasteiger partial charge is 0.491 e. The number of nitrogens with one attached hydrogen (secondary N) is 1. The summed E-state index contributed by atoms with van der Waals surface area (Å²) < 4.78 is 6.12. The molecule has 1 aromatic carbocycles. The molecule has 1 aliphatic rings. The summed E-state index contributed by atoms with van der Waals surface area (Å²) in [6, 6.07) is 6.56. The Morgan fingerprint density at radius 1 is 1.08 bits per heavy atom. The van der Waals surface area contributed by atoms with Gasteiger partial charge in [0.1, 0.15) is 11.4 Å². The number of fused-ring (bicyclic) bond motifs is 1. The molecule has 0 aliphatic carbocycles. The van der Waals surface area contributed by atoms with Gasteiger partial charge >= 0.3 is 0 Å². The number of benzene rings is 1. The van der Waals surface area contributed by atoms with E-state index in [-0.39, 0.29) is 0 Å². The molecule has 140 valence electrons. The number of hydrogen-bond donors (Lipinski definition) is 1. The fourth-order valence-electron chi connectivity index (χ4n) is 3.85. The molecule has 3 rings (SSSR count). The molecule has 0 unspecified atom stereocenters. The number of rotatable bonds is 6. The van der Waals surface area contributed by atoms with Crippen molar-refractivity contribution < 1.29 is 4.74 Å². The third-order valence-electron chi connectivity index (χ3n) is 4.90. The molecule has 0 saturated heterocycles. The van der Waals surface area contributed by atoms with Gasteiger partial charge in [-0.1, -0.05) is 37.5 Å². The van der Waals surface area contributed by atoms with Crippen LogP contribution in [0, 0.1) is 27.7 Å². The van der Waals surface area contributed by atoms with Crippen molar-refractivity contribution in [2.75, 3.05) is 29.9 Å². The summed E-state index contributed by atoms with van der Waals surface area (Å²) >= 11 is 0. The van der Waals surface area contributed by atoms with E-state index in [1.165, 1.54) is 35.2 Å². The summed E-state index contributed by atoms with van der Waals surface area (Å²) in [4.78, 5) is 7.21. The van der Waals surface area contributed by atoms with Crippen LogP contribution in [0.2, 0.25) is 0 Å². The predicted octanol–water partition coefficient (Wildman–Crippen LogP) is 5.45. The van der Waals surface area contributed by atoms with Crippen molar-refractivity contribution in [3.8, 4) is 5.75 Å². The van der Waals surface area contributed by atoms with Crippen molar-refractivity contribution in [3.05, 3.63) is 40.6 Å². The van der Waals surface area contributed by atoms with Crippen molar-refractivity contribution in [2.24, 2.45) is 0 Å². The number of nitrogens with zero attached hydrogens (tertiary/aromatic N) is 2. The molecule has 1 N–H and O–H groups in total. The Morgan fingerprint density at radius 3 is 2.50 bits per heavy atom. The third kappa shape index (κ3) is 3.79. The average molecular weight is 354 g/mol. The first-order valence-corrected chi connectivity index (χ1v) is 9.75. The first-order valence-electron chi connectivity index (χ1n) is 9.75. The van der Waals surface area contributed by atoms with Gasteiger partial charge in [0.15, 0.2) is 5.82 Å². The number of hydrogen-bond acceptors (Lipinski definition) is 4. The highest BCUT2D eigenvalue weighted by atomic mass is 16.5. The van der Waals surface area contributed by atoms with E-state index in [4.69, 9.17) is 9.72 Å². The van der Waals surface area contributed by atoms with E-state index in [1.54, 1.807) is 0 Å². The SMILES string of the molecule is CCCCCOc1cc(C)nc2c1NCCN2c1c(C)cc(C)cc1C. The van der Waals surface area contributed by atoms with Gasteiger partial charge in [0.2, 0.25) is 0 Å². The Kier molecular flexibility index (Phi) is 5.70.